The zero-order valence-electron chi connectivity index (χ0n) is 15.6. The Bertz CT molecular complexity index is 917. The van der Waals surface area contributed by atoms with Crippen LogP contribution in [0.15, 0.2) is 106 Å². The van der Waals surface area contributed by atoms with E-state index in [1.54, 1.807) is 25.3 Å². The molecular weight excluding hydrogens is 322 g/mol. The Morgan fingerprint density at radius 1 is 1.12 bits per heavy atom. The molecule has 0 atom stereocenters. The van der Waals surface area contributed by atoms with Gasteiger partial charge in [0.05, 0.1) is 5.57 Å². The molecule has 1 N–H and O–H groups in total. The third kappa shape index (κ3) is 4.87. The maximum Gasteiger partial charge on any atom is 0.252 e. The fourth-order valence-electron chi connectivity index (χ4n) is 2.29. The Kier molecular flexibility index (Phi) is 6.41. The molecule has 0 unspecified atom stereocenters. The highest BCUT2D eigenvalue weighted by molar-refractivity contribution is 5.98. The highest BCUT2D eigenvalue weighted by atomic mass is 16.5. The molecule has 26 heavy (non-hydrogen) atoms. The van der Waals surface area contributed by atoms with Crippen molar-refractivity contribution in [1.82, 2.24) is 5.32 Å². The molecule has 0 bridgehead atoms. The first kappa shape index (κ1) is 19.1. The number of likely N-dealkylation sites (N-methyl/N-ethyl adjacent to an activating group) is 1. The molecule has 0 saturated carbocycles. The van der Waals surface area contributed by atoms with E-state index in [9.17, 15) is 4.79 Å². The van der Waals surface area contributed by atoms with E-state index in [0.29, 0.717) is 17.1 Å². The second-order valence-corrected chi connectivity index (χ2v) is 5.98. The van der Waals surface area contributed by atoms with Gasteiger partial charge in [-0.15, -0.1) is 11.5 Å². The van der Waals surface area contributed by atoms with Gasteiger partial charge in [-0.3, -0.25) is 4.79 Å². The van der Waals surface area contributed by atoms with Crippen molar-refractivity contribution in [2.45, 2.75) is 20.8 Å². The van der Waals surface area contributed by atoms with Crippen LogP contribution in [0.3, 0.4) is 0 Å². The van der Waals surface area contributed by atoms with Crippen molar-refractivity contribution in [3.05, 3.63) is 106 Å². The number of rotatable bonds is 4. The number of allylic oxidation sites excluding steroid dienone is 9. The SMILES string of the molecule is C=C(C)C1=CC=CC=C(OC2=CC=C=C(C)C(C(=O)NC)=C2)C(C)=C=C1. The number of hydrogen-bond acceptors (Lipinski definition) is 2. The molecule has 0 saturated heterocycles. The van der Waals surface area contributed by atoms with Crippen LogP contribution in [-0.4, -0.2) is 13.0 Å². The summed E-state index contributed by atoms with van der Waals surface area (Å²) < 4.78 is 6.05. The lowest BCUT2D eigenvalue weighted by Gasteiger charge is -2.11. The van der Waals surface area contributed by atoms with Gasteiger partial charge in [0.1, 0.15) is 11.5 Å². The number of carbonyl (C=O) groups excluding carboxylic acids is 1. The topological polar surface area (TPSA) is 38.3 Å². The average molecular weight is 345 g/mol. The summed E-state index contributed by atoms with van der Waals surface area (Å²) >= 11 is 0. The first-order valence-electron chi connectivity index (χ1n) is 8.36. The number of amides is 1. The third-order valence-corrected chi connectivity index (χ3v) is 3.88. The number of ether oxygens (including phenoxy) is 1. The molecule has 0 aromatic rings. The molecule has 2 aliphatic carbocycles. The van der Waals surface area contributed by atoms with Gasteiger partial charge < -0.3 is 10.1 Å². The largest absolute Gasteiger partial charge is 0.456 e. The van der Waals surface area contributed by atoms with Crippen molar-refractivity contribution < 1.29 is 9.53 Å². The predicted molar refractivity (Wildman–Crippen MR) is 106 cm³/mol. The van der Waals surface area contributed by atoms with Crippen LogP contribution in [0.2, 0.25) is 0 Å². The molecule has 0 aliphatic heterocycles. The lowest BCUT2D eigenvalue weighted by Crippen LogP contribution is -2.20. The summed E-state index contributed by atoms with van der Waals surface area (Å²) in [4.78, 5) is 12.1. The van der Waals surface area contributed by atoms with Crippen LogP contribution in [0, 0.1) is 0 Å². The summed E-state index contributed by atoms with van der Waals surface area (Å²) in [6.45, 7) is 9.70. The summed E-state index contributed by atoms with van der Waals surface area (Å²) in [6, 6.07) is 0. The van der Waals surface area contributed by atoms with Crippen molar-refractivity contribution in [2.24, 2.45) is 0 Å². The fourth-order valence-corrected chi connectivity index (χ4v) is 2.29. The van der Waals surface area contributed by atoms with Crippen LogP contribution in [0.4, 0.5) is 0 Å². The second-order valence-electron chi connectivity index (χ2n) is 5.98. The lowest BCUT2D eigenvalue weighted by atomic mass is 10.1. The minimum atomic E-state index is -0.175. The first-order valence-corrected chi connectivity index (χ1v) is 8.36. The molecule has 0 aromatic carbocycles. The summed E-state index contributed by atoms with van der Waals surface area (Å²) in [5.41, 5.74) is 10.4. The van der Waals surface area contributed by atoms with Gasteiger partial charge in [-0.1, -0.05) is 30.4 Å². The third-order valence-electron chi connectivity index (χ3n) is 3.88. The molecule has 132 valence electrons. The Hall–Kier alpha value is -3.25. The van der Waals surface area contributed by atoms with Gasteiger partial charge in [-0.25, -0.2) is 0 Å². The average Bonchev–Trinajstić information content (AvgIpc) is 2.73. The van der Waals surface area contributed by atoms with Crippen LogP contribution in [0.5, 0.6) is 0 Å². The van der Waals surface area contributed by atoms with Crippen molar-refractivity contribution in [1.29, 1.82) is 0 Å². The Balaban J connectivity index is 2.36. The normalized spacial score (nSPS) is 16.5. The molecule has 0 radical (unpaired) electrons. The molecule has 0 fully saturated rings. The van der Waals surface area contributed by atoms with Gasteiger partial charge >= 0.3 is 0 Å². The Morgan fingerprint density at radius 2 is 1.85 bits per heavy atom. The molecule has 2 aliphatic rings. The monoisotopic (exact) mass is 345 g/mol. The molecule has 0 aromatic heterocycles. The summed E-state index contributed by atoms with van der Waals surface area (Å²) in [5, 5.41) is 2.64. The van der Waals surface area contributed by atoms with E-state index in [-0.39, 0.29) is 5.91 Å². The number of hydrogen-bond donors (Lipinski definition) is 1. The standard InChI is InChI=1S/C23H23NO2/c1-16(2)19-10-6-7-12-22(18(4)13-14-19)26-20-11-8-9-17(3)21(15-20)23(25)24-5/h6-8,10-12,14-15H,1H2,2-5H3,(H,24,25). The quantitative estimate of drug-likeness (QED) is 0.748. The second kappa shape index (κ2) is 8.73. The van der Waals surface area contributed by atoms with E-state index in [1.165, 1.54) is 0 Å². The molecule has 1 amide bonds. The highest BCUT2D eigenvalue weighted by Gasteiger charge is 2.13. The fraction of sp³-hybridized carbons (Fsp3) is 0.174. The maximum absolute atomic E-state index is 12.1. The number of nitrogens with one attached hydrogen (secondary N) is 1. The van der Waals surface area contributed by atoms with Crippen LogP contribution in [0.25, 0.3) is 0 Å². The molecule has 0 spiro atoms. The predicted octanol–water partition coefficient (Wildman–Crippen LogP) is 4.73. The van der Waals surface area contributed by atoms with Gasteiger partial charge in [0.15, 0.2) is 0 Å². The van der Waals surface area contributed by atoms with Crippen molar-refractivity contribution in [2.75, 3.05) is 7.05 Å². The van der Waals surface area contributed by atoms with Gasteiger partial charge in [0, 0.05) is 18.2 Å². The highest BCUT2D eigenvalue weighted by Crippen LogP contribution is 2.22. The van der Waals surface area contributed by atoms with E-state index in [0.717, 1.165) is 22.3 Å². The van der Waals surface area contributed by atoms with Crippen LogP contribution >= 0.6 is 0 Å². The van der Waals surface area contributed by atoms with E-state index in [1.807, 2.05) is 51.2 Å². The van der Waals surface area contributed by atoms with Gasteiger partial charge in [-0.05, 0) is 56.7 Å². The summed E-state index contributed by atoms with van der Waals surface area (Å²) in [7, 11) is 1.60. The molecule has 3 heteroatoms. The minimum Gasteiger partial charge on any atom is -0.456 e. The van der Waals surface area contributed by atoms with Gasteiger partial charge in [0.25, 0.3) is 5.91 Å². The molecular formula is C23H23NO2. The van der Waals surface area contributed by atoms with Crippen molar-refractivity contribution in [3.63, 3.8) is 0 Å². The lowest BCUT2D eigenvalue weighted by molar-refractivity contribution is -0.116. The Morgan fingerprint density at radius 3 is 2.54 bits per heavy atom. The van der Waals surface area contributed by atoms with Gasteiger partial charge in [-0.2, -0.15) is 0 Å². The maximum atomic E-state index is 12.1. The van der Waals surface area contributed by atoms with E-state index in [2.05, 4.69) is 23.4 Å². The first-order chi connectivity index (χ1) is 12.4. The van der Waals surface area contributed by atoms with Gasteiger partial charge in [0.2, 0.25) is 0 Å². The van der Waals surface area contributed by atoms with Crippen LogP contribution in [-0.2, 0) is 9.53 Å². The molecule has 3 nitrogen and oxygen atoms in total. The number of carbonyl (C=O) groups is 1. The van der Waals surface area contributed by atoms with E-state index >= 15 is 0 Å². The Labute approximate surface area is 155 Å². The zero-order valence-corrected chi connectivity index (χ0v) is 15.6. The molecule has 0 heterocycles. The van der Waals surface area contributed by atoms with Crippen molar-refractivity contribution in [3.8, 4) is 0 Å². The zero-order chi connectivity index (χ0) is 19.1. The summed E-state index contributed by atoms with van der Waals surface area (Å²) in [6.07, 6.45) is 14.8. The van der Waals surface area contributed by atoms with Crippen LogP contribution in [0.1, 0.15) is 20.8 Å². The minimum absolute atomic E-state index is 0.175. The smallest absolute Gasteiger partial charge is 0.252 e. The van der Waals surface area contributed by atoms with E-state index < -0.39 is 0 Å². The van der Waals surface area contributed by atoms with E-state index in [4.69, 9.17) is 4.74 Å². The van der Waals surface area contributed by atoms with Crippen molar-refractivity contribution >= 4 is 5.91 Å². The summed E-state index contributed by atoms with van der Waals surface area (Å²) in [5.74, 6) is 1.03. The molecule has 2 rings (SSSR count). The van der Waals surface area contributed by atoms with Crippen LogP contribution < -0.4 is 5.32 Å².